The molecule has 4 rings (SSSR count). The molecule has 0 bridgehead atoms. The molecule has 2 aliphatic rings. The summed E-state index contributed by atoms with van der Waals surface area (Å²) in [4.78, 5) is 45.7. The van der Waals surface area contributed by atoms with Crippen molar-refractivity contribution in [1.82, 2.24) is 14.3 Å². The van der Waals surface area contributed by atoms with Crippen LogP contribution in [0.25, 0.3) is 11.7 Å². The molecule has 0 radical (unpaired) electrons. The zero-order valence-electron chi connectivity index (χ0n) is 17.9. The van der Waals surface area contributed by atoms with Crippen LogP contribution in [0.2, 0.25) is 0 Å². The van der Waals surface area contributed by atoms with Crippen LogP contribution in [0, 0.1) is 0 Å². The molecule has 0 aromatic carbocycles. The summed E-state index contributed by atoms with van der Waals surface area (Å²) in [6.45, 7) is 2.71. The third-order valence-electron chi connectivity index (χ3n) is 5.48. The van der Waals surface area contributed by atoms with E-state index in [9.17, 15) is 14.4 Å². The Bertz CT molecular complexity index is 1170. The molecule has 0 atom stereocenters. The van der Waals surface area contributed by atoms with E-state index in [1.807, 2.05) is 11.0 Å². The first kappa shape index (κ1) is 23.4. The van der Waals surface area contributed by atoms with Crippen LogP contribution in [0.15, 0.2) is 34.1 Å². The summed E-state index contributed by atoms with van der Waals surface area (Å²) in [6.07, 6.45) is 5.28. The van der Waals surface area contributed by atoms with Crippen LogP contribution in [0.1, 0.15) is 31.2 Å². The highest BCUT2D eigenvalue weighted by Gasteiger charge is 2.32. The van der Waals surface area contributed by atoms with E-state index in [0.29, 0.717) is 78.4 Å². The number of fused-ring (bicyclic) bond motifs is 1. The lowest BCUT2D eigenvalue weighted by Gasteiger charge is -2.29. The second-order valence-corrected chi connectivity index (χ2v) is 9.40. The van der Waals surface area contributed by atoms with Gasteiger partial charge in [-0.2, -0.15) is 0 Å². The lowest BCUT2D eigenvalue weighted by Crippen LogP contribution is -2.38. The highest BCUT2D eigenvalue weighted by atomic mass is 32.2. The van der Waals surface area contributed by atoms with Gasteiger partial charge >= 0.3 is 5.97 Å². The minimum Gasteiger partial charge on any atom is -0.481 e. The Balaban J connectivity index is 1.61. The van der Waals surface area contributed by atoms with Crippen molar-refractivity contribution in [2.24, 2.45) is 0 Å². The molecule has 0 spiro atoms. The number of carbonyl (C=O) groups excluding carboxylic acids is 1. The summed E-state index contributed by atoms with van der Waals surface area (Å²) in [5, 5.41) is 8.75. The molecular formula is C22H24N4O5S2. The van der Waals surface area contributed by atoms with Crippen LogP contribution < -0.4 is 10.5 Å². The van der Waals surface area contributed by atoms with Gasteiger partial charge in [0, 0.05) is 32.3 Å². The number of aliphatic carboxylic acids is 1. The second kappa shape index (κ2) is 10.4. The van der Waals surface area contributed by atoms with E-state index < -0.39 is 5.97 Å². The number of carboxylic acids is 1. The van der Waals surface area contributed by atoms with Crippen LogP contribution in [-0.4, -0.2) is 68.4 Å². The Morgan fingerprint density at radius 2 is 2.00 bits per heavy atom. The quantitative estimate of drug-likeness (QED) is 0.341. The minimum atomic E-state index is -0.824. The van der Waals surface area contributed by atoms with Gasteiger partial charge in [-0.15, -0.1) is 0 Å². The molecule has 1 N–H and O–H groups in total. The average Bonchev–Trinajstić information content (AvgIpc) is 3.08. The van der Waals surface area contributed by atoms with Crippen molar-refractivity contribution < 1.29 is 19.4 Å². The van der Waals surface area contributed by atoms with Gasteiger partial charge in [0.1, 0.15) is 15.8 Å². The van der Waals surface area contributed by atoms with Crippen LogP contribution >= 0.6 is 24.0 Å². The third-order valence-corrected chi connectivity index (χ3v) is 6.86. The maximum absolute atomic E-state index is 13.4. The van der Waals surface area contributed by atoms with Gasteiger partial charge in [0.05, 0.1) is 23.7 Å². The highest BCUT2D eigenvalue weighted by Crippen LogP contribution is 2.33. The van der Waals surface area contributed by atoms with E-state index >= 15 is 0 Å². The van der Waals surface area contributed by atoms with Crippen molar-refractivity contribution in [3.8, 4) is 0 Å². The Kier molecular flexibility index (Phi) is 7.41. The molecule has 0 saturated carbocycles. The number of nitrogens with zero attached hydrogens (tertiary/aromatic N) is 4. The molecule has 174 valence electrons. The number of anilines is 1. The number of aromatic nitrogens is 2. The molecule has 1 amide bonds. The van der Waals surface area contributed by atoms with E-state index in [0.717, 1.165) is 0 Å². The fourth-order valence-corrected chi connectivity index (χ4v) is 5.07. The minimum absolute atomic E-state index is 0.113. The molecule has 4 heterocycles. The van der Waals surface area contributed by atoms with E-state index in [4.69, 9.17) is 27.0 Å². The number of ether oxygens (including phenoxy) is 1. The first-order valence-corrected chi connectivity index (χ1v) is 12.0. The fourth-order valence-electron chi connectivity index (χ4n) is 3.78. The van der Waals surface area contributed by atoms with Gasteiger partial charge in [0.15, 0.2) is 0 Å². The Labute approximate surface area is 200 Å². The molecule has 2 saturated heterocycles. The molecule has 33 heavy (non-hydrogen) atoms. The van der Waals surface area contributed by atoms with Gasteiger partial charge in [-0.3, -0.25) is 23.7 Å². The van der Waals surface area contributed by atoms with Crippen LogP contribution in [0.5, 0.6) is 0 Å². The number of morpholine rings is 1. The normalized spacial score (nSPS) is 18.0. The van der Waals surface area contributed by atoms with E-state index in [2.05, 4.69) is 0 Å². The molecule has 2 fully saturated rings. The Hall–Kier alpha value is -2.76. The summed E-state index contributed by atoms with van der Waals surface area (Å²) in [5.74, 6) is -0.531. The molecule has 2 aromatic heterocycles. The van der Waals surface area contributed by atoms with Gasteiger partial charge in [0.2, 0.25) is 0 Å². The van der Waals surface area contributed by atoms with Crippen LogP contribution in [0.4, 0.5) is 5.82 Å². The van der Waals surface area contributed by atoms with Gasteiger partial charge in [0.25, 0.3) is 11.5 Å². The number of thiocarbonyl (C=S) groups is 1. The summed E-state index contributed by atoms with van der Waals surface area (Å²) in [5.41, 5.74) is 0.638. The predicted octanol–water partition coefficient (Wildman–Crippen LogP) is 2.38. The lowest BCUT2D eigenvalue weighted by atomic mass is 10.2. The number of pyridine rings is 1. The number of carbonyl (C=O) groups is 2. The van der Waals surface area contributed by atoms with E-state index in [1.165, 1.54) is 21.1 Å². The first-order valence-electron chi connectivity index (χ1n) is 10.8. The largest absolute Gasteiger partial charge is 0.481 e. The maximum Gasteiger partial charge on any atom is 0.303 e. The maximum atomic E-state index is 13.4. The number of hydrogen-bond donors (Lipinski definition) is 1. The predicted molar refractivity (Wildman–Crippen MR) is 130 cm³/mol. The van der Waals surface area contributed by atoms with Crippen LogP contribution in [0.3, 0.4) is 0 Å². The van der Waals surface area contributed by atoms with Crippen molar-refractivity contribution in [2.75, 3.05) is 37.7 Å². The number of amides is 1. The smallest absolute Gasteiger partial charge is 0.303 e. The molecule has 2 aromatic rings. The van der Waals surface area contributed by atoms with Crippen molar-refractivity contribution in [3.63, 3.8) is 0 Å². The third kappa shape index (κ3) is 5.26. The van der Waals surface area contributed by atoms with Gasteiger partial charge in [-0.1, -0.05) is 36.5 Å². The Morgan fingerprint density at radius 3 is 2.76 bits per heavy atom. The summed E-state index contributed by atoms with van der Waals surface area (Å²) >= 11 is 6.58. The average molecular weight is 489 g/mol. The van der Waals surface area contributed by atoms with E-state index in [1.54, 1.807) is 24.4 Å². The number of carboxylic acid groups (broad SMARTS) is 1. The number of hydrogen-bond acceptors (Lipinski definition) is 8. The van der Waals surface area contributed by atoms with Gasteiger partial charge in [-0.25, -0.2) is 4.98 Å². The molecular weight excluding hydrogens is 464 g/mol. The molecule has 11 heteroatoms. The Morgan fingerprint density at radius 1 is 1.21 bits per heavy atom. The molecule has 0 aliphatic carbocycles. The van der Waals surface area contributed by atoms with E-state index in [-0.39, 0.29) is 17.9 Å². The van der Waals surface area contributed by atoms with Crippen molar-refractivity contribution in [1.29, 1.82) is 0 Å². The lowest BCUT2D eigenvalue weighted by molar-refractivity contribution is -0.137. The zero-order valence-corrected chi connectivity index (χ0v) is 19.6. The molecule has 0 unspecified atom stereocenters. The molecule has 2 aliphatic heterocycles. The SMILES string of the molecule is O=C(O)CCCCCN1C(=O)/C(=C/c2c(N3CCOCC3)nc3ccccn3c2=O)SC1=S. The monoisotopic (exact) mass is 488 g/mol. The second-order valence-electron chi connectivity index (χ2n) is 7.72. The summed E-state index contributed by atoms with van der Waals surface area (Å²) in [6, 6.07) is 5.36. The van der Waals surface area contributed by atoms with Crippen molar-refractivity contribution in [2.45, 2.75) is 25.7 Å². The summed E-state index contributed by atoms with van der Waals surface area (Å²) < 4.78 is 7.35. The standard InChI is InChI=1S/C22H24N4O5S2/c27-18(28)7-2-1-4-9-26-21(30)16(33-22(26)32)14-15-19(24-10-12-31-13-11-24)23-17-6-3-5-8-25(17)20(15)29/h3,5-6,8,14H,1-2,4,7,9-13H2,(H,27,28)/b16-14-. The van der Waals surface area contributed by atoms with Gasteiger partial charge < -0.3 is 14.7 Å². The number of unbranched alkanes of at least 4 members (excludes halogenated alkanes) is 2. The fraction of sp³-hybridized carbons (Fsp3) is 0.409. The summed E-state index contributed by atoms with van der Waals surface area (Å²) in [7, 11) is 0. The topological polar surface area (TPSA) is 104 Å². The van der Waals surface area contributed by atoms with Crippen molar-refractivity contribution in [3.05, 3.63) is 45.2 Å². The van der Waals surface area contributed by atoms with Crippen LogP contribution in [-0.2, 0) is 14.3 Å². The first-order chi connectivity index (χ1) is 16.0. The zero-order chi connectivity index (χ0) is 23.4. The highest BCUT2D eigenvalue weighted by molar-refractivity contribution is 8.26. The number of rotatable bonds is 8. The van der Waals surface area contributed by atoms with Gasteiger partial charge in [-0.05, 0) is 31.1 Å². The van der Waals surface area contributed by atoms with Crippen molar-refractivity contribution >= 4 is 57.7 Å². The number of thioether (sulfide) groups is 1. The molecule has 9 nitrogen and oxygen atoms in total.